The van der Waals surface area contributed by atoms with Crippen molar-refractivity contribution in [3.63, 3.8) is 0 Å². The van der Waals surface area contributed by atoms with Gasteiger partial charge in [-0.2, -0.15) is 0 Å². The first-order valence-corrected chi connectivity index (χ1v) is 7.27. The van der Waals surface area contributed by atoms with E-state index in [2.05, 4.69) is 15.9 Å². The Morgan fingerprint density at radius 3 is 2.67 bits per heavy atom. The summed E-state index contributed by atoms with van der Waals surface area (Å²) in [7, 11) is 1.61. The largest absolute Gasteiger partial charge is 0.497 e. The van der Waals surface area contributed by atoms with E-state index in [9.17, 15) is 4.79 Å². The van der Waals surface area contributed by atoms with Crippen LogP contribution in [0.3, 0.4) is 0 Å². The van der Waals surface area contributed by atoms with Gasteiger partial charge in [0.05, 0.1) is 7.11 Å². The molecular formula is C17H13BrO3. The van der Waals surface area contributed by atoms with Gasteiger partial charge in [-0.15, -0.1) is 0 Å². The van der Waals surface area contributed by atoms with Crippen LogP contribution in [-0.4, -0.2) is 12.9 Å². The number of rotatable bonds is 3. The molecule has 0 spiro atoms. The number of benzene rings is 2. The summed E-state index contributed by atoms with van der Waals surface area (Å²) in [6, 6.07) is 12.8. The molecule has 3 aromatic rings. The van der Waals surface area contributed by atoms with Gasteiger partial charge >= 0.3 is 0 Å². The van der Waals surface area contributed by atoms with Gasteiger partial charge in [0.1, 0.15) is 11.3 Å². The molecule has 0 unspecified atom stereocenters. The van der Waals surface area contributed by atoms with Crippen LogP contribution in [-0.2, 0) is 0 Å². The topological polar surface area (TPSA) is 39.4 Å². The van der Waals surface area contributed by atoms with Crippen molar-refractivity contribution in [3.8, 4) is 5.75 Å². The molecule has 0 aliphatic heterocycles. The molecule has 1 heterocycles. The average Bonchev–Trinajstić information content (AvgIpc) is 2.83. The van der Waals surface area contributed by atoms with Crippen LogP contribution in [0.2, 0.25) is 0 Å². The highest BCUT2D eigenvalue weighted by Gasteiger charge is 2.21. The van der Waals surface area contributed by atoms with Gasteiger partial charge in [-0.1, -0.05) is 28.1 Å². The molecule has 0 saturated heterocycles. The molecule has 0 aliphatic carbocycles. The summed E-state index contributed by atoms with van der Waals surface area (Å²) in [4.78, 5) is 12.7. The predicted octanol–water partition coefficient (Wildman–Crippen LogP) is 4.74. The molecule has 0 fully saturated rings. The van der Waals surface area contributed by atoms with Crippen molar-refractivity contribution < 1.29 is 13.9 Å². The summed E-state index contributed by atoms with van der Waals surface area (Å²) in [5, 5.41) is 0.893. The molecule has 0 amide bonds. The van der Waals surface area contributed by atoms with Gasteiger partial charge in [0, 0.05) is 21.0 Å². The van der Waals surface area contributed by atoms with E-state index in [1.807, 2.05) is 43.3 Å². The van der Waals surface area contributed by atoms with E-state index in [0.717, 1.165) is 21.2 Å². The lowest BCUT2D eigenvalue weighted by atomic mass is 10.0. The molecule has 3 nitrogen and oxygen atoms in total. The standard InChI is InChI=1S/C17H13BrO3/c1-10-13-9-11(20-2)7-8-15(13)21-17(10)16(19)12-5-3-4-6-14(12)18/h3-9H,1-2H3. The summed E-state index contributed by atoms with van der Waals surface area (Å²) in [5.74, 6) is 0.978. The van der Waals surface area contributed by atoms with Crippen molar-refractivity contribution in [3.05, 3.63) is 63.8 Å². The van der Waals surface area contributed by atoms with Crippen molar-refractivity contribution in [1.29, 1.82) is 0 Å². The molecule has 0 atom stereocenters. The molecule has 0 bridgehead atoms. The number of methoxy groups -OCH3 is 1. The number of ketones is 1. The number of carbonyl (C=O) groups excluding carboxylic acids is 1. The zero-order valence-corrected chi connectivity index (χ0v) is 13.2. The number of aryl methyl sites for hydroxylation is 1. The fourth-order valence-corrected chi connectivity index (χ4v) is 2.78. The molecule has 3 rings (SSSR count). The minimum absolute atomic E-state index is 0.129. The lowest BCUT2D eigenvalue weighted by molar-refractivity contribution is 0.101. The molecule has 4 heteroatoms. The van der Waals surface area contributed by atoms with Gasteiger partial charge in [-0.05, 0) is 37.3 Å². The molecule has 2 aromatic carbocycles. The van der Waals surface area contributed by atoms with Crippen molar-refractivity contribution in [1.82, 2.24) is 0 Å². The monoisotopic (exact) mass is 344 g/mol. The van der Waals surface area contributed by atoms with Crippen molar-refractivity contribution in [2.75, 3.05) is 7.11 Å². The van der Waals surface area contributed by atoms with E-state index < -0.39 is 0 Å². The zero-order chi connectivity index (χ0) is 15.0. The maximum atomic E-state index is 12.7. The Morgan fingerprint density at radius 2 is 1.95 bits per heavy atom. The molecule has 106 valence electrons. The Kier molecular flexibility index (Phi) is 3.55. The molecule has 0 radical (unpaired) electrons. The average molecular weight is 345 g/mol. The lowest BCUT2D eigenvalue weighted by Crippen LogP contribution is -2.02. The number of furan rings is 1. The third kappa shape index (κ3) is 2.36. The Hall–Kier alpha value is -2.07. The van der Waals surface area contributed by atoms with E-state index in [4.69, 9.17) is 9.15 Å². The van der Waals surface area contributed by atoms with Crippen molar-refractivity contribution in [2.24, 2.45) is 0 Å². The highest BCUT2D eigenvalue weighted by molar-refractivity contribution is 9.10. The van der Waals surface area contributed by atoms with Crippen LogP contribution in [0.4, 0.5) is 0 Å². The van der Waals surface area contributed by atoms with Crippen LogP contribution in [0.15, 0.2) is 51.4 Å². The minimum atomic E-state index is -0.129. The molecular weight excluding hydrogens is 332 g/mol. The van der Waals surface area contributed by atoms with E-state index in [0.29, 0.717) is 16.9 Å². The normalized spacial score (nSPS) is 10.8. The summed E-state index contributed by atoms with van der Waals surface area (Å²) < 4.78 is 11.7. The van der Waals surface area contributed by atoms with Gasteiger partial charge in [0.25, 0.3) is 0 Å². The Bertz CT molecular complexity index is 833. The molecule has 21 heavy (non-hydrogen) atoms. The first-order chi connectivity index (χ1) is 10.1. The van der Waals surface area contributed by atoms with Crippen LogP contribution in [0.25, 0.3) is 11.0 Å². The van der Waals surface area contributed by atoms with Gasteiger partial charge in [0.2, 0.25) is 5.78 Å². The maximum absolute atomic E-state index is 12.7. The number of halogens is 1. The Morgan fingerprint density at radius 1 is 1.19 bits per heavy atom. The summed E-state index contributed by atoms with van der Waals surface area (Å²) in [6.45, 7) is 1.88. The van der Waals surface area contributed by atoms with Gasteiger partial charge < -0.3 is 9.15 Å². The Balaban J connectivity index is 2.15. The maximum Gasteiger partial charge on any atom is 0.229 e. The first kappa shape index (κ1) is 13.9. The van der Waals surface area contributed by atoms with Crippen molar-refractivity contribution >= 4 is 32.7 Å². The second kappa shape index (κ2) is 5.37. The third-order valence-electron chi connectivity index (χ3n) is 3.47. The highest BCUT2D eigenvalue weighted by Crippen LogP contribution is 2.31. The first-order valence-electron chi connectivity index (χ1n) is 6.48. The van der Waals surface area contributed by atoms with Crippen LogP contribution in [0, 0.1) is 6.92 Å². The lowest BCUT2D eigenvalue weighted by Gasteiger charge is -2.01. The summed E-state index contributed by atoms with van der Waals surface area (Å²) in [5.41, 5.74) is 2.10. The fraction of sp³-hybridized carbons (Fsp3) is 0.118. The van der Waals surface area contributed by atoms with Crippen LogP contribution in [0.5, 0.6) is 5.75 Å². The van der Waals surface area contributed by atoms with Gasteiger partial charge in [0.15, 0.2) is 5.76 Å². The number of carbonyl (C=O) groups is 1. The molecule has 1 aromatic heterocycles. The second-order valence-corrected chi connectivity index (χ2v) is 5.58. The zero-order valence-electron chi connectivity index (χ0n) is 11.6. The molecule has 0 aliphatic rings. The van der Waals surface area contributed by atoms with Gasteiger partial charge in [-0.3, -0.25) is 4.79 Å². The number of fused-ring (bicyclic) bond motifs is 1. The third-order valence-corrected chi connectivity index (χ3v) is 4.16. The van der Waals surface area contributed by atoms with E-state index in [1.54, 1.807) is 13.2 Å². The summed E-state index contributed by atoms with van der Waals surface area (Å²) in [6.07, 6.45) is 0. The second-order valence-electron chi connectivity index (χ2n) is 4.73. The Labute approximate surface area is 130 Å². The predicted molar refractivity (Wildman–Crippen MR) is 85.1 cm³/mol. The van der Waals surface area contributed by atoms with Crippen LogP contribution in [0.1, 0.15) is 21.7 Å². The number of ether oxygens (including phenoxy) is 1. The fourth-order valence-electron chi connectivity index (χ4n) is 2.31. The number of hydrogen-bond donors (Lipinski definition) is 0. The van der Waals surface area contributed by atoms with Crippen LogP contribution >= 0.6 is 15.9 Å². The van der Waals surface area contributed by atoms with E-state index in [-0.39, 0.29) is 5.78 Å². The number of hydrogen-bond acceptors (Lipinski definition) is 3. The van der Waals surface area contributed by atoms with Gasteiger partial charge in [-0.25, -0.2) is 0 Å². The summed E-state index contributed by atoms with van der Waals surface area (Å²) >= 11 is 3.40. The quantitative estimate of drug-likeness (QED) is 0.644. The van der Waals surface area contributed by atoms with E-state index >= 15 is 0 Å². The van der Waals surface area contributed by atoms with Crippen molar-refractivity contribution in [2.45, 2.75) is 6.92 Å². The smallest absolute Gasteiger partial charge is 0.229 e. The minimum Gasteiger partial charge on any atom is -0.497 e. The van der Waals surface area contributed by atoms with Crippen LogP contribution < -0.4 is 4.74 Å². The van der Waals surface area contributed by atoms with E-state index in [1.165, 1.54) is 0 Å². The highest BCUT2D eigenvalue weighted by atomic mass is 79.9. The molecule has 0 saturated carbocycles. The SMILES string of the molecule is COc1ccc2oc(C(=O)c3ccccc3Br)c(C)c2c1. The molecule has 0 N–H and O–H groups in total.